The lowest BCUT2D eigenvalue weighted by Gasteiger charge is -2.47. The van der Waals surface area contributed by atoms with E-state index in [1.54, 1.807) is 23.1 Å². The van der Waals surface area contributed by atoms with E-state index in [0.29, 0.717) is 37.2 Å². The van der Waals surface area contributed by atoms with Crippen LogP contribution in [-0.4, -0.2) is 48.7 Å². The molecule has 0 radical (unpaired) electrons. The number of ether oxygens (including phenoxy) is 1. The van der Waals surface area contributed by atoms with Crippen molar-refractivity contribution in [3.63, 3.8) is 0 Å². The van der Waals surface area contributed by atoms with Gasteiger partial charge in [-0.25, -0.2) is 4.98 Å². The summed E-state index contributed by atoms with van der Waals surface area (Å²) in [4.78, 5) is 21.6. The number of carbonyl (C=O) groups is 1. The van der Waals surface area contributed by atoms with Crippen molar-refractivity contribution in [1.82, 2.24) is 24.2 Å². The zero-order valence-corrected chi connectivity index (χ0v) is 23.9. The molecule has 1 aromatic carbocycles. The van der Waals surface area contributed by atoms with Crippen LogP contribution in [-0.2, 0) is 19.9 Å². The van der Waals surface area contributed by atoms with E-state index in [-0.39, 0.29) is 5.91 Å². The van der Waals surface area contributed by atoms with Crippen molar-refractivity contribution in [2.75, 3.05) is 7.11 Å². The minimum atomic E-state index is -1.86. The van der Waals surface area contributed by atoms with Crippen molar-refractivity contribution in [1.29, 1.82) is 0 Å². The van der Waals surface area contributed by atoms with E-state index >= 15 is 0 Å². The zero-order valence-electron chi connectivity index (χ0n) is 23.1. The third-order valence-corrected chi connectivity index (χ3v) is 8.70. The molecule has 3 aromatic heterocycles. The maximum atomic E-state index is 14.3. The Morgan fingerprint density at radius 1 is 1.18 bits per heavy atom. The van der Waals surface area contributed by atoms with E-state index < -0.39 is 11.4 Å². The van der Waals surface area contributed by atoms with E-state index in [0.717, 1.165) is 38.8 Å². The minimum Gasteiger partial charge on any atom is -0.496 e. The first-order chi connectivity index (χ1) is 18.5. The van der Waals surface area contributed by atoms with Crippen LogP contribution in [0.1, 0.15) is 55.4 Å². The number of nitrogens with two attached hydrogens (primary N) is 3. The Balaban J connectivity index is 1.75. The number of methoxy groups -OCH3 is 1. The molecule has 0 fully saturated rings. The number of imidazole rings is 1. The second kappa shape index (κ2) is 9.91. The van der Waals surface area contributed by atoms with E-state index in [1.165, 1.54) is 4.90 Å². The second-order valence-electron chi connectivity index (χ2n) is 10.3. The van der Waals surface area contributed by atoms with E-state index in [2.05, 4.69) is 21.8 Å². The van der Waals surface area contributed by atoms with Crippen LogP contribution in [0.3, 0.4) is 0 Å². The van der Waals surface area contributed by atoms with Crippen molar-refractivity contribution < 1.29 is 9.53 Å². The molecule has 5 rings (SSSR count). The molecule has 4 heterocycles. The number of benzene rings is 1. The highest BCUT2D eigenvalue weighted by molar-refractivity contribution is 7.13. The first-order valence-electron chi connectivity index (χ1n) is 13.1. The Kier molecular flexibility index (Phi) is 6.88. The highest BCUT2D eigenvalue weighted by Crippen LogP contribution is 2.41. The fraction of sp³-hybridized carbons (Fsp3) is 0.393. The zero-order chi connectivity index (χ0) is 28.1. The molecule has 1 aliphatic rings. The number of aryl methyl sites for hydroxylation is 2. The van der Waals surface area contributed by atoms with Crippen molar-refractivity contribution in [3.05, 3.63) is 58.9 Å². The molecule has 0 unspecified atom stereocenters. The molecule has 0 aliphatic carbocycles. The third-order valence-electron chi connectivity index (χ3n) is 7.83. The van der Waals surface area contributed by atoms with E-state index in [1.807, 2.05) is 57.6 Å². The van der Waals surface area contributed by atoms with Gasteiger partial charge >= 0.3 is 0 Å². The number of hydrogen-bond donors (Lipinski definition) is 3. The second-order valence-corrected chi connectivity index (χ2v) is 11.3. The van der Waals surface area contributed by atoms with Gasteiger partial charge in [0.1, 0.15) is 5.75 Å². The van der Waals surface area contributed by atoms with Gasteiger partial charge in [-0.1, -0.05) is 19.9 Å². The van der Waals surface area contributed by atoms with Crippen LogP contribution < -0.4 is 21.9 Å². The monoisotopic (exact) mass is 548 g/mol. The number of carbonyl (C=O) groups excluding carboxylic acids is 1. The number of amides is 1. The molecule has 0 atom stereocenters. The summed E-state index contributed by atoms with van der Waals surface area (Å²) in [5, 5.41) is 6.61. The highest BCUT2D eigenvalue weighted by atomic mass is 32.1. The van der Waals surface area contributed by atoms with Crippen molar-refractivity contribution in [2.45, 2.75) is 57.9 Å². The predicted octanol–water partition coefficient (Wildman–Crippen LogP) is 3.62. The van der Waals surface area contributed by atoms with Gasteiger partial charge in [0.25, 0.3) is 5.91 Å². The molecule has 39 heavy (non-hydrogen) atoms. The summed E-state index contributed by atoms with van der Waals surface area (Å²) < 4.78 is 9.61. The van der Waals surface area contributed by atoms with Crippen molar-refractivity contribution in [2.24, 2.45) is 24.2 Å². The van der Waals surface area contributed by atoms with Gasteiger partial charge in [-0.3, -0.25) is 36.1 Å². The van der Waals surface area contributed by atoms with Crippen LogP contribution in [0.25, 0.3) is 27.6 Å². The van der Waals surface area contributed by atoms with Crippen LogP contribution in [0.5, 0.6) is 5.75 Å². The Hall–Kier alpha value is -3.51. The van der Waals surface area contributed by atoms with E-state index in [4.69, 9.17) is 26.9 Å². The maximum absolute atomic E-state index is 14.3. The fourth-order valence-corrected chi connectivity index (χ4v) is 6.15. The molecule has 0 spiro atoms. The summed E-state index contributed by atoms with van der Waals surface area (Å²) in [6.45, 7) is 5.95. The van der Waals surface area contributed by atoms with Gasteiger partial charge in [-0.15, -0.1) is 11.3 Å². The lowest BCUT2D eigenvalue weighted by Crippen LogP contribution is -2.76. The molecule has 11 heteroatoms. The van der Waals surface area contributed by atoms with Crippen LogP contribution in [0.2, 0.25) is 0 Å². The van der Waals surface area contributed by atoms with Gasteiger partial charge in [0.05, 0.1) is 29.1 Å². The molecule has 0 saturated carbocycles. The Morgan fingerprint density at radius 3 is 2.49 bits per heavy atom. The standard InChI is InChI=1S/C28H36N8O2S/c1-6-27(3,7-2)36(28(29,30)31)26(37)24-20-11-10-17-15-22(38-5)18(19-12-13-34(4)33-19)16-21(17)35(20)25(32-24)23-9-8-14-39-23/h8-9,12-16H,6-7,10-11,29-31H2,1-5H3. The molecule has 206 valence electrons. The van der Waals surface area contributed by atoms with Crippen molar-refractivity contribution in [3.8, 4) is 33.4 Å². The Labute approximate surface area is 232 Å². The lowest BCUT2D eigenvalue weighted by molar-refractivity contribution is -0.000900. The first-order valence-corrected chi connectivity index (χ1v) is 14.0. The maximum Gasteiger partial charge on any atom is 0.278 e. The topological polar surface area (TPSA) is 143 Å². The summed E-state index contributed by atoms with van der Waals surface area (Å²) >= 11 is 1.57. The SMILES string of the molecule is CCC(C)(CC)N(C(=O)c1nc(-c2cccs2)n2c1CCc1cc(OC)c(-c3ccn(C)n3)cc1-2)C(N)(N)N. The van der Waals surface area contributed by atoms with Gasteiger partial charge in [-0.2, -0.15) is 5.10 Å². The first kappa shape index (κ1) is 27.1. The summed E-state index contributed by atoms with van der Waals surface area (Å²) in [5.41, 5.74) is 22.9. The lowest BCUT2D eigenvalue weighted by atomic mass is 9.91. The number of nitrogens with zero attached hydrogens (tertiary/aromatic N) is 5. The highest BCUT2D eigenvalue weighted by Gasteiger charge is 2.44. The summed E-state index contributed by atoms with van der Waals surface area (Å²) in [6, 6.07) is 10.1. The predicted molar refractivity (Wildman–Crippen MR) is 153 cm³/mol. The molecular weight excluding hydrogens is 512 g/mol. The molecule has 6 N–H and O–H groups in total. The minimum absolute atomic E-state index is 0.318. The average Bonchev–Trinajstić information content (AvgIpc) is 3.66. The molecule has 0 saturated heterocycles. The summed E-state index contributed by atoms with van der Waals surface area (Å²) in [5.74, 6) is -0.796. The van der Waals surface area contributed by atoms with E-state index in [9.17, 15) is 4.79 Å². The number of fused-ring (bicyclic) bond motifs is 3. The largest absolute Gasteiger partial charge is 0.496 e. The van der Waals surface area contributed by atoms with Crippen LogP contribution in [0.15, 0.2) is 41.9 Å². The van der Waals surface area contributed by atoms with Gasteiger partial charge in [0.15, 0.2) is 11.5 Å². The van der Waals surface area contributed by atoms with Crippen molar-refractivity contribution >= 4 is 17.2 Å². The van der Waals surface area contributed by atoms with Crippen LogP contribution in [0, 0.1) is 0 Å². The molecule has 4 aromatic rings. The third kappa shape index (κ3) is 4.55. The normalized spacial score (nSPS) is 13.2. The Bertz CT molecular complexity index is 1510. The quantitative estimate of drug-likeness (QED) is 0.285. The number of aromatic nitrogens is 4. The van der Waals surface area contributed by atoms with Gasteiger partial charge in [0, 0.05) is 24.3 Å². The molecule has 1 aliphatic heterocycles. The number of thiophene rings is 1. The molecule has 0 bridgehead atoms. The average molecular weight is 549 g/mol. The van der Waals surface area contributed by atoms with Gasteiger partial charge in [0.2, 0.25) is 5.91 Å². The van der Waals surface area contributed by atoms with Gasteiger partial charge < -0.3 is 4.74 Å². The summed E-state index contributed by atoms with van der Waals surface area (Å²) in [6.07, 6.45) is 4.48. The molecule has 1 amide bonds. The van der Waals surface area contributed by atoms with Gasteiger partial charge in [-0.05, 0) is 67.8 Å². The fourth-order valence-electron chi connectivity index (χ4n) is 5.45. The Morgan fingerprint density at radius 2 is 1.92 bits per heavy atom. The molecular formula is C28H36N8O2S. The van der Waals surface area contributed by atoms with Crippen LogP contribution in [0.4, 0.5) is 0 Å². The molecule has 10 nitrogen and oxygen atoms in total. The van der Waals surface area contributed by atoms with Crippen LogP contribution >= 0.6 is 11.3 Å². The number of hydrogen-bond acceptors (Lipinski definition) is 8. The summed E-state index contributed by atoms with van der Waals surface area (Å²) in [7, 11) is 3.55. The number of rotatable bonds is 8. The smallest absolute Gasteiger partial charge is 0.278 e.